The molecule has 0 spiro atoms. The summed E-state index contributed by atoms with van der Waals surface area (Å²) in [5, 5.41) is 10.4. The highest BCUT2D eigenvalue weighted by molar-refractivity contribution is 5.40. The smallest absolute Gasteiger partial charge is 0.132 e. The van der Waals surface area contributed by atoms with Gasteiger partial charge in [0.1, 0.15) is 11.9 Å². The fraction of sp³-hybridized carbons (Fsp3) is 0.294. The topological polar surface area (TPSA) is 20.2 Å². The summed E-state index contributed by atoms with van der Waals surface area (Å²) in [5.74, 6) is -0.310. The number of fused-ring (bicyclic) bond motifs is 1. The Labute approximate surface area is 112 Å². The lowest BCUT2D eigenvalue weighted by Crippen LogP contribution is -2.04. The van der Waals surface area contributed by atoms with Gasteiger partial charge in [0.25, 0.3) is 0 Å². The number of halogens is 1. The molecule has 1 nitrogen and oxygen atoms in total. The fourth-order valence-electron chi connectivity index (χ4n) is 2.82. The van der Waals surface area contributed by atoms with Crippen molar-refractivity contribution in [1.29, 1.82) is 0 Å². The van der Waals surface area contributed by atoms with E-state index in [0.29, 0.717) is 11.1 Å². The van der Waals surface area contributed by atoms with Crippen LogP contribution in [0.15, 0.2) is 36.4 Å². The third-order valence-electron chi connectivity index (χ3n) is 3.95. The Morgan fingerprint density at radius 1 is 1.11 bits per heavy atom. The van der Waals surface area contributed by atoms with Crippen molar-refractivity contribution >= 4 is 0 Å². The summed E-state index contributed by atoms with van der Waals surface area (Å²) in [7, 11) is 0. The van der Waals surface area contributed by atoms with E-state index in [1.165, 1.54) is 17.5 Å². The first-order valence-corrected chi connectivity index (χ1v) is 6.71. The minimum absolute atomic E-state index is 0.310. The average molecular weight is 256 g/mol. The van der Waals surface area contributed by atoms with E-state index in [2.05, 4.69) is 6.07 Å². The second kappa shape index (κ2) is 4.78. The molecule has 0 radical (unpaired) electrons. The Hall–Kier alpha value is -1.67. The molecule has 0 saturated carbocycles. The van der Waals surface area contributed by atoms with Gasteiger partial charge in [0.15, 0.2) is 0 Å². The van der Waals surface area contributed by atoms with E-state index in [4.69, 9.17) is 0 Å². The lowest BCUT2D eigenvalue weighted by atomic mass is 9.96. The molecule has 1 aliphatic rings. The van der Waals surface area contributed by atoms with Crippen LogP contribution in [0.5, 0.6) is 0 Å². The summed E-state index contributed by atoms with van der Waals surface area (Å²) >= 11 is 0. The third-order valence-corrected chi connectivity index (χ3v) is 3.95. The molecule has 0 aliphatic heterocycles. The van der Waals surface area contributed by atoms with E-state index in [9.17, 15) is 9.50 Å². The molecule has 0 bridgehead atoms. The molecular weight excluding hydrogens is 239 g/mol. The molecule has 1 N–H and O–H groups in total. The number of hydrogen-bond donors (Lipinski definition) is 1. The normalized spacial score (nSPS) is 15.3. The number of aliphatic hydroxyl groups is 1. The molecule has 1 unspecified atom stereocenters. The summed E-state index contributed by atoms with van der Waals surface area (Å²) in [4.78, 5) is 0. The number of benzene rings is 2. The summed E-state index contributed by atoms with van der Waals surface area (Å²) < 4.78 is 14.1. The van der Waals surface area contributed by atoms with Crippen LogP contribution < -0.4 is 0 Å². The first kappa shape index (κ1) is 12.4. The van der Waals surface area contributed by atoms with Crippen molar-refractivity contribution in [1.82, 2.24) is 0 Å². The van der Waals surface area contributed by atoms with Gasteiger partial charge >= 0.3 is 0 Å². The third kappa shape index (κ3) is 2.17. The molecule has 3 rings (SSSR count). The maximum Gasteiger partial charge on any atom is 0.132 e. The molecule has 98 valence electrons. The van der Waals surface area contributed by atoms with Gasteiger partial charge in [-0.1, -0.05) is 36.4 Å². The first-order chi connectivity index (χ1) is 9.16. The van der Waals surface area contributed by atoms with Crippen molar-refractivity contribution in [2.45, 2.75) is 32.3 Å². The van der Waals surface area contributed by atoms with Gasteiger partial charge in [-0.05, 0) is 48.4 Å². The first-order valence-electron chi connectivity index (χ1n) is 6.71. The summed E-state index contributed by atoms with van der Waals surface area (Å²) in [6.45, 7) is 1.72. The standard InChI is InChI=1S/C17H17FO/c1-11-4-2-7-15(16(11)18)17(19)14-9-8-12-5-3-6-13(12)10-14/h2,4,7-10,17,19H,3,5-6H2,1H3. The number of aryl methyl sites for hydroxylation is 3. The Morgan fingerprint density at radius 2 is 1.89 bits per heavy atom. The number of aliphatic hydroxyl groups excluding tert-OH is 1. The maximum atomic E-state index is 14.1. The van der Waals surface area contributed by atoms with Crippen molar-refractivity contribution < 1.29 is 9.50 Å². The predicted octanol–water partition coefficient (Wildman–Crippen LogP) is 3.70. The van der Waals surface area contributed by atoms with Crippen LogP contribution in [0.2, 0.25) is 0 Å². The molecule has 2 heteroatoms. The zero-order chi connectivity index (χ0) is 13.4. The number of hydrogen-bond acceptors (Lipinski definition) is 1. The van der Waals surface area contributed by atoms with Crippen LogP contribution >= 0.6 is 0 Å². The van der Waals surface area contributed by atoms with Crippen LogP contribution in [0.3, 0.4) is 0 Å². The van der Waals surface area contributed by atoms with E-state index in [1.54, 1.807) is 25.1 Å². The minimum Gasteiger partial charge on any atom is -0.384 e. The van der Waals surface area contributed by atoms with Crippen LogP contribution in [0.25, 0.3) is 0 Å². The van der Waals surface area contributed by atoms with E-state index < -0.39 is 6.10 Å². The van der Waals surface area contributed by atoms with Gasteiger partial charge in [-0.2, -0.15) is 0 Å². The monoisotopic (exact) mass is 256 g/mol. The summed E-state index contributed by atoms with van der Waals surface area (Å²) in [5.41, 5.74) is 4.37. The summed E-state index contributed by atoms with van der Waals surface area (Å²) in [6.07, 6.45) is 2.47. The van der Waals surface area contributed by atoms with Crippen LogP contribution in [0.1, 0.15) is 40.3 Å². The highest BCUT2D eigenvalue weighted by Crippen LogP contribution is 2.30. The second-order valence-electron chi connectivity index (χ2n) is 5.26. The zero-order valence-corrected chi connectivity index (χ0v) is 11.0. The van der Waals surface area contributed by atoms with E-state index >= 15 is 0 Å². The molecule has 0 amide bonds. The molecule has 0 saturated heterocycles. The van der Waals surface area contributed by atoms with Crippen LogP contribution in [-0.4, -0.2) is 5.11 Å². The Kier molecular flexibility index (Phi) is 3.11. The second-order valence-corrected chi connectivity index (χ2v) is 5.26. The van der Waals surface area contributed by atoms with Gasteiger partial charge in [-0.15, -0.1) is 0 Å². The van der Waals surface area contributed by atoms with Gasteiger partial charge < -0.3 is 5.11 Å². The molecule has 0 fully saturated rings. The van der Waals surface area contributed by atoms with Crippen molar-refractivity contribution in [2.75, 3.05) is 0 Å². The Morgan fingerprint density at radius 3 is 2.74 bits per heavy atom. The quantitative estimate of drug-likeness (QED) is 0.868. The molecule has 1 aliphatic carbocycles. The number of rotatable bonds is 2. The molecule has 2 aromatic rings. The van der Waals surface area contributed by atoms with Crippen molar-refractivity contribution in [3.8, 4) is 0 Å². The van der Waals surface area contributed by atoms with Gasteiger partial charge in [0.2, 0.25) is 0 Å². The minimum atomic E-state index is -0.884. The molecule has 1 atom stereocenters. The van der Waals surface area contributed by atoms with Gasteiger partial charge in [-0.3, -0.25) is 0 Å². The van der Waals surface area contributed by atoms with Crippen LogP contribution in [0, 0.1) is 12.7 Å². The predicted molar refractivity (Wildman–Crippen MR) is 73.7 cm³/mol. The van der Waals surface area contributed by atoms with Crippen LogP contribution in [-0.2, 0) is 12.8 Å². The highest BCUT2D eigenvalue weighted by atomic mass is 19.1. The van der Waals surface area contributed by atoms with Gasteiger partial charge in [0, 0.05) is 5.56 Å². The van der Waals surface area contributed by atoms with Crippen molar-refractivity contribution in [3.63, 3.8) is 0 Å². The van der Waals surface area contributed by atoms with Gasteiger partial charge in [-0.25, -0.2) is 4.39 Å². The van der Waals surface area contributed by atoms with Crippen molar-refractivity contribution in [3.05, 3.63) is 70.0 Å². The lowest BCUT2D eigenvalue weighted by molar-refractivity contribution is 0.214. The van der Waals surface area contributed by atoms with E-state index in [0.717, 1.165) is 18.4 Å². The lowest BCUT2D eigenvalue weighted by Gasteiger charge is -2.14. The SMILES string of the molecule is Cc1cccc(C(O)c2ccc3c(c2)CCC3)c1F. The zero-order valence-electron chi connectivity index (χ0n) is 11.0. The Bertz CT molecular complexity index is 619. The maximum absolute atomic E-state index is 14.1. The largest absolute Gasteiger partial charge is 0.384 e. The molecule has 0 heterocycles. The molecule has 0 aromatic heterocycles. The molecule has 2 aromatic carbocycles. The van der Waals surface area contributed by atoms with Crippen LogP contribution in [0.4, 0.5) is 4.39 Å². The summed E-state index contributed by atoms with van der Waals surface area (Å²) in [6, 6.07) is 11.2. The molecule has 19 heavy (non-hydrogen) atoms. The Balaban J connectivity index is 2.00. The average Bonchev–Trinajstić information content (AvgIpc) is 2.88. The van der Waals surface area contributed by atoms with Gasteiger partial charge in [0.05, 0.1) is 0 Å². The highest BCUT2D eigenvalue weighted by Gasteiger charge is 2.18. The van der Waals surface area contributed by atoms with Crippen molar-refractivity contribution in [2.24, 2.45) is 0 Å². The van der Waals surface area contributed by atoms with E-state index in [1.807, 2.05) is 12.1 Å². The fourth-order valence-corrected chi connectivity index (χ4v) is 2.82. The molecular formula is C17H17FO. The van der Waals surface area contributed by atoms with E-state index in [-0.39, 0.29) is 5.82 Å².